The van der Waals surface area contributed by atoms with Crippen LogP contribution in [0.15, 0.2) is 46.2 Å². The first kappa shape index (κ1) is 19.0. The van der Waals surface area contributed by atoms with E-state index in [-0.39, 0.29) is 23.9 Å². The first-order valence-electron chi connectivity index (χ1n) is 6.32. The average Bonchev–Trinajstić information content (AvgIpc) is 2.44. The van der Waals surface area contributed by atoms with Crippen molar-refractivity contribution in [1.82, 2.24) is 0 Å². The summed E-state index contributed by atoms with van der Waals surface area (Å²) in [6.45, 7) is 0. The van der Waals surface area contributed by atoms with Gasteiger partial charge in [0.2, 0.25) is 9.84 Å². The van der Waals surface area contributed by atoms with Crippen molar-refractivity contribution in [2.75, 3.05) is 5.73 Å². The molecule has 0 aromatic heterocycles. The van der Waals surface area contributed by atoms with Crippen LogP contribution in [0.5, 0.6) is 0 Å². The van der Waals surface area contributed by atoms with Crippen LogP contribution in [0.1, 0.15) is 11.1 Å². The number of nitrogen functional groups attached to an aromatic ring is 1. The highest BCUT2D eigenvalue weighted by Gasteiger charge is 2.38. The molecule has 0 radical (unpaired) electrons. The minimum Gasteiger partial charge on any atom is -0.399 e. The molecule has 0 saturated carbocycles. The Kier molecular flexibility index (Phi) is 4.49. The molecular formula is C14H8F7NO2S. The van der Waals surface area contributed by atoms with Crippen LogP contribution in [0.2, 0.25) is 0 Å². The lowest BCUT2D eigenvalue weighted by Crippen LogP contribution is -2.14. The van der Waals surface area contributed by atoms with E-state index in [0.29, 0.717) is 12.1 Å². The summed E-state index contributed by atoms with van der Waals surface area (Å²) in [5.41, 5.74) is 1.42. The van der Waals surface area contributed by atoms with Crippen LogP contribution in [0.25, 0.3) is 0 Å². The molecule has 3 nitrogen and oxygen atoms in total. The first-order valence-corrected chi connectivity index (χ1v) is 7.81. The Balaban J connectivity index is 2.76. The summed E-state index contributed by atoms with van der Waals surface area (Å²) in [6.07, 6.45) is -10.5. The van der Waals surface area contributed by atoms with Gasteiger partial charge in [0.05, 0.1) is 16.0 Å². The van der Waals surface area contributed by atoms with Gasteiger partial charge in [0.25, 0.3) is 0 Å². The SMILES string of the molecule is Nc1ccc(S(=O)(=O)c2cc(C(F)(F)F)cc(C(F)(F)F)c2)c(F)c1. The van der Waals surface area contributed by atoms with Crippen LogP contribution in [-0.2, 0) is 22.2 Å². The predicted octanol–water partition coefficient (Wildman–Crippen LogP) is 4.28. The minimum atomic E-state index is -5.23. The van der Waals surface area contributed by atoms with Crippen LogP contribution in [0, 0.1) is 5.82 Å². The van der Waals surface area contributed by atoms with Crippen molar-refractivity contribution in [3.63, 3.8) is 0 Å². The molecule has 0 aliphatic heterocycles. The molecule has 136 valence electrons. The maximum atomic E-state index is 13.8. The first-order chi connectivity index (χ1) is 11.2. The maximum Gasteiger partial charge on any atom is 0.416 e. The molecule has 2 aromatic rings. The second-order valence-electron chi connectivity index (χ2n) is 4.93. The second-order valence-corrected chi connectivity index (χ2v) is 6.85. The van der Waals surface area contributed by atoms with Gasteiger partial charge < -0.3 is 5.73 Å². The molecule has 2 aromatic carbocycles. The lowest BCUT2D eigenvalue weighted by atomic mass is 10.1. The van der Waals surface area contributed by atoms with Crippen LogP contribution in [0.4, 0.5) is 36.4 Å². The van der Waals surface area contributed by atoms with E-state index < -0.39 is 48.9 Å². The zero-order chi connectivity index (χ0) is 19.2. The maximum absolute atomic E-state index is 13.8. The Morgan fingerprint density at radius 2 is 1.28 bits per heavy atom. The molecule has 11 heteroatoms. The molecule has 0 aliphatic rings. The van der Waals surface area contributed by atoms with Crippen molar-refractivity contribution in [1.29, 1.82) is 0 Å². The highest BCUT2D eigenvalue weighted by atomic mass is 32.2. The molecule has 0 spiro atoms. The third kappa shape index (κ3) is 3.86. The second kappa shape index (κ2) is 5.90. The number of sulfone groups is 1. The van der Waals surface area contributed by atoms with E-state index in [0.717, 1.165) is 6.07 Å². The quantitative estimate of drug-likeness (QED) is 0.618. The van der Waals surface area contributed by atoms with Gasteiger partial charge in [-0.2, -0.15) is 26.3 Å². The molecule has 0 atom stereocenters. The van der Waals surface area contributed by atoms with E-state index in [2.05, 4.69) is 0 Å². The smallest absolute Gasteiger partial charge is 0.399 e. The molecule has 25 heavy (non-hydrogen) atoms. The largest absolute Gasteiger partial charge is 0.416 e. The molecule has 0 fully saturated rings. The fraction of sp³-hybridized carbons (Fsp3) is 0.143. The van der Waals surface area contributed by atoms with Crippen molar-refractivity contribution < 1.29 is 39.2 Å². The molecular weight excluding hydrogens is 379 g/mol. The van der Waals surface area contributed by atoms with Crippen molar-refractivity contribution in [3.05, 3.63) is 53.3 Å². The van der Waals surface area contributed by atoms with Gasteiger partial charge in [-0.3, -0.25) is 0 Å². The fourth-order valence-electron chi connectivity index (χ4n) is 1.94. The summed E-state index contributed by atoms with van der Waals surface area (Å²) in [7, 11) is -4.98. The van der Waals surface area contributed by atoms with E-state index in [4.69, 9.17) is 5.73 Å². The Bertz CT molecular complexity index is 886. The van der Waals surface area contributed by atoms with Crippen molar-refractivity contribution >= 4 is 15.5 Å². The number of anilines is 1. The van der Waals surface area contributed by atoms with Crippen molar-refractivity contribution in [2.45, 2.75) is 22.1 Å². The van der Waals surface area contributed by atoms with Crippen LogP contribution in [-0.4, -0.2) is 8.42 Å². The van der Waals surface area contributed by atoms with Gasteiger partial charge in [-0.15, -0.1) is 0 Å². The van der Waals surface area contributed by atoms with E-state index in [1.54, 1.807) is 0 Å². The summed E-state index contributed by atoms with van der Waals surface area (Å²) >= 11 is 0. The number of alkyl halides is 6. The average molecular weight is 387 g/mol. The molecule has 0 aliphatic carbocycles. The highest BCUT2D eigenvalue weighted by Crippen LogP contribution is 2.38. The zero-order valence-electron chi connectivity index (χ0n) is 11.9. The summed E-state index contributed by atoms with van der Waals surface area (Å²) in [4.78, 5) is -2.42. The number of hydrogen-bond donors (Lipinski definition) is 1. The Labute approximate surface area is 136 Å². The van der Waals surface area contributed by atoms with E-state index in [9.17, 15) is 39.2 Å². The minimum absolute atomic E-state index is 0.0143. The van der Waals surface area contributed by atoms with Gasteiger partial charge in [0.15, 0.2) is 0 Å². The highest BCUT2D eigenvalue weighted by molar-refractivity contribution is 7.91. The van der Waals surface area contributed by atoms with Crippen LogP contribution in [0.3, 0.4) is 0 Å². The number of halogens is 7. The van der Waals surface area contributed by atoms with E-state index in [1.807, 2.05) is 0 Å². The molecule has 0 saturated heterocycles. The normalized spacial score (nSPS) is 13.1. The third-order valence-electron chi connectivity index (χ3n) is 3.12. The van der Waals surface area contributed by atoms with E-state index in [1.165, 1.54) is 0 Å². The predicted molar refractivity (Wildman–Crippen MR) is 72.7 cm³/mol. The Hall–Kier alpha value is -2.30. The van der Waals surface area contributed by atoms with Gasteiger partial charge in [0, 0.05) is 5.69 Å². The third-order valence-corrected chi connectivity index (χ3v) is 4.88. The summed E-state index contributed by atoms with van der Waals surface area (Å²) in [5, 5.41) is 0. The summed E-state index contributed by atoms with van der Waals surface area (Å²) in [5.74, 6) is -1.40. The zero-order valence-corrected chi connectivity index (χ0v) is 12.7. The molecule has 2 N–H and O–H groups in total. The standard InChI is InChI=1S/C14H8F7NO2S/c15-11-6-9(22)1-2-12(11)25(23,24)10-4-7(13(16,17)18)3-8(5-10)14(19,20)21/h1-6H,22H2. The fourth-order valence-corrected chi connectivity index (χ4v) is 3.32. The molecule has 0 unspecified atom stereocenters. The summed E-state index contributed by atoms with van der Waals surface area (Å²) in [6, 6.07) is 2.01. The van der Waals surface area contributed by atoms with Gasteiger partial charge in [0.1, 0.15) is 10.7 Å². The number of hydrogen-bond acceptors (Lipinski definition) is 3. The van der Waals surface area contributed by atoms with Crippen LogP contribution >= 0.6 is 0 Å². The van der Waals surface area contributed by atoms with Gasteiger partial charge in [-0.05, 0) is 36.4 Å². The lowest BCUT2D eigenvalue weighted by molar-refractivity contribution is -0.143. The Morgan fingerprint density at radius 1 is 0.800 bits per heavy atom. The monoisotopic (exact) mass is 387 g/mol. The van der Waals surface area contributed by atoms with Gasteiger partial charge >= 0.3 is 12.4 Å². The van der Waals surface area contributed by atoms with Crippen molar-refractivity contribution in [3.8, 4) is 0 Å². The number of nitrogens with two attached hydrogens (primary N) is 1. The van der Waals surface area contributed by atoms with Gasteiger partial charge in [-0.1, -0.05) is 0 Å². The number of rotatable bonds is 2. The number of benzene rings is 2. The van der Waals surface area contributed by atoms with Crippen molar-refractivity contribution in [2.24, 2.45) is 0 Å². The molecule has 2 rings (SSSR count). The van der Waals surface area contributed by atoms with Gasteiger partial charge in [-0.25, -0.2) is 12.8 Å². The molecule has 0 bridgehead atoms. The lowest BCUT2D eigenvalue weighted by Gasteiger charge is -2.14. The molecule has 0 heterocycles. The Morgan fingerprint density at radius 3 is 1.68 bits per heavy atom. The van der Waals surface area contributed by atoms with Crippen LogP contribution < -0.4 is 5.73 Å². The topological polar surface area (TPSA) is 60.2 Å². The summed E-state index contributed by atoms with van der Waals surface area (Å²) < 4.78 is 115. The molecule has 0 amide bonds. The van der Waals surface area contributed by atoms with E-state index >= 15 is 0 Å².